The van der Waals surface area contributed by atoms with E-state index in [1.54, 1.807) is 13.8 Å². The van der Waals surface area contributed by atoms with Gasteiger partial charge in [0.1, 0.15) is 0 Å². The first-order valence-corrected chi connectivity index (χ1v) is 4.91. The zero-order chi connectivity index (χ0) is 13.0. The molecule has 1 aromatic rings. The minimum absolute atomic E-state index is 0.247. The summed E-state index contributed by atoms with van der Waals surface area (Å²) in [6.45, 7) is 2.59. The van der Waals surface area contributed by atoms with E-state index in [1.165, 1.54) is 6.07 Å². The Morgan fingerprint density at radius 1 is 1.41 bits per heavy atom. The number of aliphatic carboxylic acids is 1. The molecular weight excluding hydrogens is 226 g/mol. The van der Waals surface area contributed by atoms with Crippen molar-refractivity contribution < 1.29 is 19.8 Å². The van der Waals surface area contributed by atoms with E-state index in [1.807, 2.05) is 0 Å². The van der Waals surface area contributed by atoms with E-state index in [2.05, 4.69) is 15.5 Å². The molecule has 92 valence electrons. The number of carbonyl (C=O) groups is 2. The standard InChI is InChI=1S/C10H13N3O4/c1-5-3-7(6(2)13-12-5)9(15)11-8(4-14)10(16)17/h3,8,14H,4H2,1-2H3,(H,11,15)(H,16,17)/t8-/m1/s1. The molecule has 0 unspecified atom stereocenters. The molecular formula is C10H13N3O4. The molecule has 0 bridgehead atoms. The highest BCUT2D eigenvalue weighted by molar-refractivity contribution is 5.97. The van der Waals surface area contributed by atoms with Gasteiger partial charge in [-0.1, -0.05) is 0 Å². The van der Waals surface area contributed by atoms with Gasteiger partial charge in [-0.3, -0.25) is 4.79 Å². The lowest BCUT2D eigenvalue weighted by molar-refractivity contribution is -0.140. The normalized spacial score (nSPS) is 11.9. The number of nitrogens with zero attached hydrogens (tertiary/aromatic N) is 2. The van der Waals surface area contributed by atoms with Crippen molar-refractivity contribution >= 4 is 11.9 Å². The summed E-state index contributed by atoms with van der Waals surface area (Å²) in [6.07, 6.45) is 0. The zero-order valence-electron chi connectivity index (χ0n) is 9.47. The third kappa shape index (κ3) is 3.22. The van der Waals surface area contributed by atoms with E-state index in [0.29, 0.717) is 11.4 Å². The van der Waals surface area contributed by atoms with Crippen molar-refractivity contribution in [2.45, 2.75) is 19.9 Å². The van der Waals surface area contributed by atoms with Gasteiger partial charge < -0.3 is 15.5 Å². The summed E-state index contributed by atoms with van der Waals surface area (Å²) in [6, 6.07) is 0.184. The van der Waals surface area contributed by atoms with Crippen molar-refractivity contribution in [2.24, 2.45) is 0 Å². The number of carboxylic acids is 1. The maximum absolute atomic E-state index is 11.7. The van der Waals surface area contributed by atoms with Gasteiger partial charge in [-0.2, -0.15) is 10.2 Å². The van der Waals surface area contributed by atoms with Crippen LogP contribution in [0, 0.1) is 13.8 Å². The van der Waals surface area contributed by atoms with Gasteiger partial charge >= 0.3 is 5.97 Å². The number of carboxylic acid groups (broad SMARTS) is 1. The summed E-state index contributed by atoms with van der Waals surface area (Å²) in [4.78, 5) is 22.4. The number of nitrogens with one attached hydrogen (secondary N) is 1. The number of carbonyl (C=O) groups excluding carboxylic acids is 1. The van der Waals surface area contributed by atoms with Crippen molar-refractivity contribution in [3.05, 3.63) is 23.0 Å². The van der Waals surface area contributed by atoms with Crippen LogP contribution in [-0.4, -0.2) is 44.9 Å². The Hall–Kier alpha value is -2.02. The van der Waals surface area contributed by atoms with Crippen LogP contribution in [0.3, 0.4) is 0 Å². The maximum Gasteiger partial charge on any atom is 0.328 e. The first-order valence-electron chi connectivity index (χ1n) is 4.91. The Labute approximate surface area is 97.5 Å². The summed E-state index contributed by atoms with van der Waals surface area (Å²) in [5.74, 6) is -1.89. The number of aliphatic hydroxyl groups is 1. The predicted octanol–water partition coefficient (Wildman–Crippen LogP) is -0.731. The lowest BCUT2D eigenvalue weighted by Gasteiger charge is -2.12. The Morgan fingerprint density at radius 2 is 2.06 bits per heavy atom. The molecule has 0 saturated heterocycles. The average molecular weight is 239 g/mol. The molecule has 1 heterocycles. The molecule has 0 saturated carbocycles. The number of aryl methyl sites for hydroxylation is 2. The third-order valence-electron chi connectivity index (χ3n) is 2.13. The van der Waals surface area contributed by atoms with Crippen LogP contribution in [0.2, 0.25) is 0 Å². The van der Waals surface area contributed by atoms with Gasteiger partial charge in [0.2, 0.25) is 0 Å². The fourth-order valence-electron chi connectivity index (χ4n) is 1.20. The van der Waals surface area contributed by atoms with E-state index in [-0.39, 0.29) is 5.56 Å². The molecule has 7 heteroatoms. The summed E-state index contributed by atoms with van der Waals surface area (Å²) >= 11 is 0. The lowest BCUT2D eigenvalue weighted by atomic mass is 10.1. The molecule has 0 fully saturated rings. The summed E-state index contributed by atoms with van der Waals surface area (Å²) < 4.78 is 0. The molecule has 7 nitrogen and oxygen atoms in total. The molecule has 0 aliphatic rings. The predicted molar refractivity (Wildman–Crippen MR) is 57.5 cm³/mol. The van der Waals surface area contributed by atoms with Crippen LogP contribution in [-0.2, 0) is 4.79 Å². The summed E-state index contributed by atoms with van der Waals surface area (Å²) in [5, 5.41) is 27.2. The van der Waals surface area contributed by atoms with E-state index >= 15 is 0 Å². The number of hydrogen-bond donors (Lipinski definition) is 3. The lowest BCUT2D eigenvalue weighted by Crippen LogP contribution is -2.43. The number of amides is 1. The van der Waals surface area contributed by atoms with Crippen molar-refractivity contribution in [3.63, 3.8) is 0 Å². The molecule has 1 amide bonds. The van der Waals surface area contributed by atoms with Gasteiger partial charge in [-0.25, -0.2) is 4.79 Å². The summed E-state index contributed by atoms with van der Waals surface area (Å²) in [5.41, 5.74) is 1.20. The smallest absolute Gasteiger partial charge is 0.328 e. The quantitative estimate of drug-likeness (QED) is 0.638. The zero-order valence-corrected chi connectivity index (χ0v) is 9.47. The van der Waals surface area contributed by atoms with Gasteiger partial charge in [0, 0.05) is 0 Å². The first kappa shape index (κ1) is 13.0. The molecule has 0 aliphatic carbocycles. The van der Waals surface area contributed by atoms with Crippen molar-refractivity contribution in [2.75, 3.05) is 6.61 Å². The number of aliphatic hydroxyl groups excluding tert-OH is 1. The second-order valence-electron chi connectivity index (χ2n) is 3.53. The van der Waals surface area contributed by atoms with Crippen LogP contribution in [0.15, 0.2) is 6.07 Å². The van der Waals surface area contributed by atoms with Crippen LogP contribution < -0.4 is 5.32 Å². The number of hydrogen-bond acceptors (Lipinski definition) is 5. The highest BCUT2D eigenvalue weighted by Gasteiger charge is 2.21. The van der Waals surface area contributed by atoms with Crippen LogP contribution in [0.1, 0.15) is 21.7 Å². The topological polar surface area (TPSA) is 112 Å². The average Bonchev–Trinajstić information content (AvgIpc) is 2.28. The van der Waals surface area contributed by atoms with Crippen LogP contribution >= 0.6 is 0 Å². The molecule has 3 N–H and O–H groups in total. The Balaban J connectivity index is 2.89. The first-order chi connectivity index (χ1) is 7.95. The largest absolute Gasteiger partial charge is 0.480 e. The van der Waals surface area contributed by atoms with Gasteiger partial charge in [-0.05, 0) is 19.9 Å². The fourth-order valence-corrected chi connectivity index (χ4v) is 1.20. The Bertz CT molecular complexity index is 447. The molecule has 0 aliphatic heterocycles. The Morgan fingerprint density at radius 3 is 2.59 bits per heavy atom. The molecule has 0 spiro atoms. The second-order valence-corrected chi connectivity index (χ2v) is 3.53. The third-order valence-corrected chi connectivity index (χ3v) is 2.13. The fraction of sp³-hybridized carbons (Fsp3) is 0.400. The van der Waals surface area contributed by atoms with Crippen molar-refractivity contribution in [1.29, 1.82) is 0 Å². The monoisotopic (exact) mass is 239 g/mol. The van der Waals surface area contributed by atoms with Crippen LogP contribution in [0.25, 0.3) is 0 Å². The molecule has 1 atom stereocenters. The molecule has 1 aromatic heterocycles. The second kappa shape index (κ2) is 5.35. The van der Waals surface area contributed by atoms with E-state index < -0.39 is 24.5 Å². The van der Waals surface area contributed by atoms with E-state index in [4.69, 9.17) is 10.2 Å². The minimum atomic E-state index is -1.32. The SMILES string of the molecule is Cc1cc(C(=O)N[C@H](CO)C(=O)O)c(C)nn1. The molecule has 0 aromatic carbocycles. The van der Waals surface area contributed by atoms with Crippen molar-refractivity contribution in [3.8, 4) is 0 Å². The van der Waals surface area contributed by atoms with Gasteiger partial charge in [0.25, 0.3) is 5.91 Å². The van der Waals surface area contributed by atoms with E-state index in [0.717, 1.165) is 0 Å². The molecule has 17 heavy (non-hydrogen) atoms. The number of aromatic nitrogens is 2. The van der Waals surface area contributed by atoms with Gasteiger partial charge in [0.15, 0.2) is 6.04 Å². The van der Waals surface area contributed by atoms with E-state index in [9.17, 15) is 9.59 Å². The summed E-state index contributed by atoms with van der Waals surface area (Å²) in [7, 11) is 0. The van der Waals surface area contributed by atoms with Gasteiger partial charge in [0.05, 0.1) is 23.6 Å². The van der Waals surface area contributed by atoms with Crippen molar-refractivity contribution in [1.82, 2.24) is 15.5 Å². The minimum Gasteiger partial charge on any atom is -0.480 e. The van der Waals surface area contributed by atoms with Crippen LogP contribution in [0.4, 0.5) is 0 Å². The highest BCUT2D eigenvalue weighted by Crippen LogP contribution is 2.05. The molecule has 1 rings (SSSR count). The van der Waals surface area contributed by atoms with Crippen LogP contribution in [0.5, 0.6) is 0 Å². The Kier molecular flexibility index (Phi) is 4.11. The highest BCUT2D eigenvalue weighted by atomic mass is 16.4. The molecule has 0 radical (unpaired) electrons. The van der Waals surface area contributed by atoms with Gasteiger partial charge in [-0.15, -0.1) is 0 Å². The maximum atomic E-state index is 11.7. The number of rotatable bonds is 4.